The van der Waals surface area contributed by atoms with Crippen molar-refractivity contribution in [2.75, 3.05) is 11.9 Å². The van der Waals surface area contributed by atoms with Crippen molar-refractivity contribution in [3.8, 4) is 0 Å². The summed E-state index contributed by atoms with van der Waals surface area (Å²) in [4.78, 5) is 12.5. The summed E-state index contributed by atoms with van der Waals surface area (Å²) in [5.41, 5.74) is 1.15. The van der Waals surface area contributed by atoms with Crippen molar-refractivity contribution in [3.05, 3.63) is 42.2 Å². The average Bonchev–Trinajstić information content (AvgIpc) is 2.89. The van der Waals surface area contributed by atoms with E-state index in [0.717, 1.165) is 40.2 Å². The summed E-state index contributed by atoms with van der Waals surface area (Å²) in [6.07, 6.45) is 0.833. The van der Waals surface area contributed by atoms with Gasteiger partial charge in [0.2, 0.25) is 0 Å². The number of para-hydroxylation sites is 1. The molecule has 3 aromatic rings. The zero-order chi connectivity index (χ0) is 14.7. The lowest BCUT2D eigenvalue weighted by molar-refractivity contribution is 0.886. The van der Waals surface area contributed by atoms with Gasteiger partial charge in [0.05, 0.1) is 5.03 Å². The van der Waals surface area contributed by atoms with Gasteiger partial charge in [-0.25, -0.2) is 9.97 Å². The lowest BCUT2D eigenvalue weighted by atomic mass is 10.3. The number of fused-ring (bicyclic) bond motifs is 1. The lowest BCUT2D eigenvalue weighted by Crippen LogP contribution is -2.03. The molecule has 0 fully saturated rings. The molecule has 5 heteroatoms. The summed E-state index contributed by atoms with van der Waals surface area (Å²) in [6.45, 7) is 5.00. The second-order valence-electron chi connectivity index (χ2n) is 4.71. The average molecular weight is 298 g/mol. The number of rotatable bonds is 5. The van der Waals surface area contributed by atoms with Crippen LogP contribution in [-0.4, -0.2) is 21.5 Å². The van der Waals surface area contributed by atoms with Crippen LogP contribution in [0, 0.1) is 0 Å². The van der Waals surface area contributed by atoms with Crippen molar-refractivity contribution in [3.63, 3.8) is 0 Å². The molecule has 0 saturated carbocycles. The molecule has 0 spiro atoms. The monoisotopic (exact) mass is 298 g/mol. The van der Waals surface area contributed by atoms with E-state index >= 15 is 0 Å². The molecule has 0 aliphatic rings. The van der Waals surface area contributed by atoms with Gasteiger partial charge >= 0.3 is 0 Å². The Labute approximate surface area is 128 Å². The highest BCUT2D eigenvalue weighted by Crippen LogP contribution is 2.29. The maximum atomic E-state index is 4.59. The Morgan fingerprint density at radius 1 is 1.14 bits per heavy atom. The molecule has 0 aliphatic carbocycles. The normalized spacial score (nSPS) is 11.0. The van der Waals surface area contributed by atoms with Gasteiger partial charge in [-0.05, 0) is 19.1 Å². The number of benzene rings is 1. The van der Waals surface area contributed by atoms with E-state index in [9.17, 15) is 0 Å². The molecular weight excluding hydrogens is 280 g/mol. The van der Waals surface area contributed by atoms with Crippen molar-refractivity contribution in [1.82, 2.24) is 15.0 Å². The van der Waals surface area contributed by atoms with Crippen LogP contribution in [0.2, 0.25) is 0 Å². The summed E-state index contributed by atoms with van der Waals surface area (Å²) in [5.74, 6) is 1.76. The SMILES string of the molecule is CCNc1cc(Sc2cc3ccccc3[nH]2)nc(CC)n1. The summed E-state index contributed by atoms with van der Waals surface area (Å²) >= 11 is 1.64. The van der Waals surface area contributed by atoms with Crippen molar-refractivity contribution < 1.29 is 0 Å². The third kappa shape index (κ3) is 3.19. The zero-order valence-electron chi connectivity index (χ0n) is 12.2. The van der Waals surface area contributed by atoms with Crippen LogP contribution in [0.25, 0.3) is 10.9 Å². The van der Waals surface area contributed by atoms with Gasteiger partial charge in [0.15, 0.2) is 0 Å². The summed E-state index contributed by atoms with van der Waals surface area (Å²) in [6, 6.07) is 12.4. The zero-order valence-corrected chi connectivity index (χ0v) is 13.0. The van der Waals surface area contributed by atoms with Crippen LogP contribution >= 0.6 is 11.8 Å². The Balaban J connectivity index is 1.90. The molecule has 0 saturated heterocycles. The van der Waals surface area contributed by atoms with Crippen LogP contribution in [0.5, 0.6) is 0 Å². The number of aryl methyl sites for hydroxylation is 1. The fourth-order valence-electron chi connectivity index (χ4n) is 2.17. The van der Waals surface area contributed by atoms with Gasteiger partial charge in [-0.2, -0.15) is 0 Å². The molecule has 3 rings (SSSR count). The van der Waals surface area contributed by atoms with Crippen LogP contribution in [-0.2, 0) is 6.42 Å². The molecule has 21 heavy (non-hydrogen) atoms. The minimum Gasteiger partial charge on any atom is -0.370 e. The van der Waals surface area contributed by atoms with Gasteiger partial charge in [-0.15, -0.1) is 0 Å². The van der Waals surface area contributed by atoms with Crippen LogP contribution in [0.4, 0.5) is 5.82 Å². The van der Waals surface area contributed by atoms with Gasteiger partial charge in [0, 0.05) is 29.9 Å². The molecule has 0 unspecified atom stereocenters. The molecule has 108 valence electrons. The Morgan fingerprint density at radius 3 is 2.76 bits per heavy atom. The molecule has 2 N–H and O–H groups in total. The highest BCUT2D eigenvalue weighted by molar-refractivity contribution is 7.99. The van der Waals surface area contributed by atoms with Gasteiger partial charge in [0.25, 0.3) is 0 Å². The molecule has 1 aromatic carbocycles. The molecule has 0 bridgehead atoms. The second-order valence-corrected chi connectivity index (χ2v) is 5.78. The summed E-state index contributed by atoms with van der Waals surface area (Å²) < 4.78 is 0. The molecule has 4 nitrogen and oxygen atoms in total. The van der Waals surface area contributed by atoms with E-state index in [1.807, 2.05) is 18.2 Å². The topological polar surface area (TPSA) is 53.6 Å². The van der Waals surface area contributed by atoms with Crippen molar-refractivity contribution in [1.29, 1.82) is 0 Å². The first kappa shape index (κ1) is 13.9. The van der Waals surface area contributed by atoms with Crippen LogP contribution < -0.4 is 5.32 Å². The van der Waals surface area contributed by atoms with E-state index in [1.54, 1.807) is 11.8 Å². The Morgan fingerprint density at radius 2 is 2.00 bits per heavy atom. The van der Waals surface area contributed by atoms with E-state index in [0.29, 0.717) is 0 Å². The molecular formula is C16H18N4S. The Bertz CT molecular complexity index is 718. The van der Waals surface area contributed by atoms with E-state index in [-0.39, 0.29) is 0 Å². The third-order valence-corrected chi connectivity index (χ3v) is 4.00. The predicted octanol–water partition coefficient (Wildman–Crippen LogP) is 4.10. The Hall–Kier alpha value is -2.01. The van der Waals surface area contributed by atoms with Crippen molar-refractivity contribution in [2.45, 2.75) is 30.3 Å². The molecule has 0 amide bonds. The summed E-state index contributed by atoms with van der Waals surface area (Å²) in [5, 5.41) is 6.54. The number of aromatic nitrogens is 3. The number of anilines is 1. The Kier molecular flexibility index (Phi) is 4.10. The number of nitrogens with one attached hydrogen (secondary N) is 2. The number of nitrogens with zero attached hydrogens (tertiary/aromatic N) is 2. The molecule has 0 radical (unpaired) electrons. The van der Waals surface area contributed by atoms with Crippen molar-refractivity contribution in [2.24, 2.45) is 0 Å². The highest BCUT2D eigenvalue weighted by Gasteiger charge is 2.07. The summed E-state index contributed by atoms with van der Waals surface area (Å²) in [7, 11) is 0. The molecule has 2 aromatic heterocycles. The van der Waals surface area contributed by atoms with Crippen molar-refractivity contribution >= 4 is 28.5 Å². The van der Waals surface area contributed by atoms with Gasteiger partial charge in [-0.1, -0.05) is 36.9 Å². The van der Waals surface area contributed by atoms with Crippen LogP contribution in [0.1, 0.15) is 19.7 Å². The number of H-pyrrole nitrogens is 1. The van der Waals surface area contributed by atoms with E-state index in [4.69, 9.17) is 0 Å². The first-order valence-electron chi connectivity index (χ1n) is 7.16. The lowest BCUT2D eigenvalue weighted by Gasteiger charge is -2.07. The maximum Gasteiger partial charge on any atom is 0.131 e. The number of hydrogen-bond donors (Lipinski definition) is 2. The van der Waals surface area contributed by atoms with Gasteiger partial charge in [-0.3, -0.25) is 0 Å². The van der Waals surface area contributed by atoms with Gasteiger partial charge in [0.1, 0.15) is 16.7 Å². The second kappa shape index (κ2) is 6.18. The number of hydrogen-bond acceptors (Lipinski definition) is 4. The fraction of sp³-hybridized carbons (Fsp3) is 0.250. The highest BCUT2D eigenvalue weighted by atomic mass is 32.2. The maximum absolute atomic E-state index is 4.59. The van der Waals surface area contributed by atoms with E-state index < -0.39 is 0 Å². The minimum atomic E-state index is 0.833. The van der Waals surface area contributed by atoms with Gasteiger partial charge < -0.3 is 10.3 Å². The smallest absolute Gasteiger partial charge is 0.131 e. The number of aromatic amines is 1. The van der Waals surface area contributed by atoms with Crippen LogP contribution in [0.15, 0.2) is 46.5 Å². The first-order valence-corrected chi connectivity index (χ1v) is 7.97. The minimum absolute atomic E-state index is 0.833. The molecule has 0 atom stereocenters. The third-order valence-electron chi connectivity index (χ3n) is 3.14. The molecule has 0 aliphatic heterocycles. The predicted molar refractivity (Wildman–Crippen MR) is 88.0 cm³/mol. The molecule has 2 heterocycles. The van der Waals surface area contributed by atoms with Crippen LogP contribution in [0.3, 0.4) is 0 Å². The first-order chi connectivity index (χ1) is 10.3. The van der Waals surface area contributed by atoms with E-state index in [1.165, 1.54) is 5.39 Å². The largest absolute Gasteiger partial charge is 0.370 e. The quantitative estimate of drug-likeness (QED) is 0.696. The fourth-order valence-corrected chi connectivity index (χ4v) is 3.06. The van der Waals surface area contributed by atoms with E-state index in [2.05, 4.69) is 52.3 Å². The standard InChI is InChI=1S/C16H18N4S/c1-3-13-19-14(17-4-2)10-16(20-13)21-15-9-11-7-5-6-8-12(11)18-15/h5-10,18H,3-4H2,1-2H3,(H,17,19,20).